The third-order valence-electron chi connectivity index (χ3n) is 1.75. The van der Waals surface area contributed by atoms with E-state index in [4.69, 9.17) is 15.2 Å². The Hall–Kier alpha value is -1.38. The first-order valence-corrected chi connectivity index (χ1v) is 4.67. The van der Waals surface area contributed by atoms with Crippen LogP contribution in [0.2, 0.25) is 0 Å². The fourth-order valence-corrected chi connectivity index (χ4v) is 1.07. The zero-order chi connectivity index (χ0) is 11.1. The summed E-state index contributed by atoms with van der Waals surface area (Å²) in [5.41, 5.74) is 7.29. The van der Waals surface area contributed by atoms with Crippen molar-refractivity contribution in [3.8, 4) is 11.5 Å². The van der Waals surface area contributed by atoms with Crippen molar-refractivity contribution in [3.63, 3.8) is 0 Å². The molecule has 3 heteroatoms. The monoisotopic (exact) mass is 197 g/mol. The molecule has 0 saturated heterocycles. The van der Waals surface area contributed by atoms with E-state index in [0.717, 1.165) is 11.3 Å². The van der Waals surface area contributed by atoms with E-state index in [1.807, 2.05) is 26.8 Å². The SMILES string of the molecule is CC.COc1cc(N)c(OC)cc1C. The third kappa shape index (κ3) is 2.83. The minimum absolute atomic E-state index is 0.597. The number of ether oxygens (including phenoxy) is 2. The molecule has 0 amide bonds. The van der Waals surface area contributed by atoms with E-state index >= 15 is 0 Å². The van der Waals surface area contributed by atoms with E-state index in [2.05, 4.69) is 0 Å². The van der Waals surface area contributed by atoms with Crippen molar-refractivity contribution < 1.29 is 9.47 Å². The molecule has 0 fully saturated rings. The van der Waals surface area contributed by atoms with Crippen molar-refractivity contribution in [2.24, 2.45) is 0 Å². The standard InChI is InChI=1S/C9H13NO2.C2H6/c1-6-4-9(12-3)7(10)5-8(6)11-2;1-2/h4-5H,10H2,1-3H3;1-2H3. The summed E-state index contributed by atoms with van der Waals surface area (Å²) in [5, 5.41) is 0. The number of hydrogen-bond acceptors (Lipinski definition) is 3. The highest BCUT2D eigenvalue weighted by Gasteiger charge is 2.04. The predicted octanol–water partition coefficient (Wildman–Crippen LogP) is 2.62. The zero-order valence-corrected chi connectivity index (χ0v) is 9.55. The van der Waals surface area contributed by atoms with Crippen LogP contribution in [0, 0.1) is 6.92 Å². The fraction of sp³-hybridized carbons (Fsp3) is 0.455. The van der Waals surface area contributed by atoms with Gasteiger partial charge in [0.25, 0.3) is 0 Å². The van der Waals surface area contributed by atoms with E-state index < -0.39 is 0 Å². The average Bonchev–Trinajstić information content (AvgIpc) is 2.23. The van der Waals surface area contributed by atoms with Gasteiger partial charge in [-0.1, -0.05) is 13.8 Å². The Morgan fingerprint density at radius 2 is 1.50 bits per heavy atom. The van der Waals surface area contributed by atoms with Crippen molar-refractivity contribution in [2.45, 2.75) is 20.8 Å². The number of anilines is 1. The van der Waals surface area contributed by atoms with Crippen LogP contribution in [-0.2, 0) is 0 Å². The molecule has 80 valence electrons. The summed E-state index contributed by atoms with van der Waals surface area (Å²) in [4.78, 5) is 0. The van der Waals surface area contributed by atoms with Crippen LogP contribution in [0.25, 0.3) is 0 Å². The van der Waals surface area contributed by atoms with Crippen molar-refractivity contribution >= 4 is 5.69 Å². The molecule has 1 aromatic rings. The van der Waals surface area contributed by atoms with Crippen molar-refractivity contribution in [3.05, 3.63) is 17.7 Å². The molecule has 2 N–H and O–H groups in total. The Balaban J connectivity index is 0.000000791. The smallest absolute Gasteiger partial charge is 0.142 e. The number of aryl methyl sites for hydroxylation is 1. The molecule has 0 spiro atoms. The van der Waals surface area contributed by atoms with Gasteiger partial charge in [0, 0.05) is 6.07 Å². The molecular weight excluding hydrogens is 178 g/mol. The summed E-state index contributed by atoms with van der Waals surface area (Å²) < 4.78 is 10.1. The summed E-state index contributed by atoms with van der Waals surface area (Å²) in [7, 11) is 3.21. The molecule has 1 aromatic carbocycles. The fourth-order valence-electron chi connectivity index (χ4n) is 1.07. The Kier molecular flexibility index (Phi) is 5.53. The molecule has 0 radical (unpaired) electrons. The van der Waals surface area contributed by atoms with Gasteiger partial charge in [-0.15, -0.1) is 0 Å². The summed E-state index contributed by atoms with van der Waals surface area (Å²) in [6, 6.07) is 3.61. The molecule has 0 aliphatic rings. The van der Waals surface area contributed by atoms with Gasteiger partial charge in [0.1, 0.15) is 11.5 Å². The predicted molar refractivity (Wildman–Crippen MR) is 60.0 cm³/mol. The molecule has 0 heterocycles. The van der Waals surface area contributed by atoms with E-state index in [1.165, 1.54) is 0 Å². The van der Waals surface area contributed by atoms with Crippen LogP contribution >= 0.6 is 0 Å². The Labute approximate surface area is 85.8 Å². The van der Waals surface area contributed by atoms with Crippen LogP contribution in [0.3, 0.4) is 0 Å². The topological polar surface area (TPSA) is 44.5 Å². The maximum absolute atomic E-state index is 5.67. The van der Waals surface area contributed by atoms with Crippen LogP contribution < -0.4 is 15.2 Å². The van der Waals surface area contributed by atoms with Crippen molar-refractivity contribution in [2.75, 3.05) is 20.0 Å². The number of rotatable bonds is 2. The van der Waals surface area contributed by atoms with Gasteiger partial charge in [0.15, 0.2) is 0 Å². The lowest BCUT2D eigenvalue weighted by Gasteiger charge is -2.09. The van der Waals surface area contributed by atoms with Crippen molar-refractivity contribution in [1.29, 1.82) is 0 Å². The molecular formula is C11H19NO2. The molecule has 1 rings (SSSR count). The first kappa shape index (κ1) is 12.6. The molecule has 0 aliphatic heterocycles. The molecule has 0 aromatic heterocycles. The number of methoxy groups -OCH3 is 2. The number of hydrogen-bond donors (Lipinski definition) is 1. The van der Waals surface area contributed by atoms with Gasteiger partial charge in [-0.05, 0) is 18.6 Å². The molecule has 14 heavy (non-hydrogen) atoms. The van der Waals surface area contributed by atoms with Crippen LogP contribution in [0.15, 0.2) is 12.1 Å². The molecule has 3 nitrogen and oxygen atoms in total. The van der Waals surface area contributed by atoms with Gasteiger partial charge >= 0.3 is 0 Å². The highest BCUT2D eigenvalue weighted by Crippen LogP contribution is 2.29. The molecule has 0 saturated carbocycles. The third-order valence-corrected chi connectivity index (χ3v) is 1.75. The van der Waals surface area contributed by atoms with Crippen LogP contribution in [0.5, 0.6) is 11.5 Å². The van der Waals surface area contributed by atoms with Gasteiger partial charge in [-0.2, -0.15) is 0 Å². The minimum Gasteiger partial charge on any atom is -0.496 e. The normalized spacial score (nSPS) is 8.64. The number of nitrogen functional groups attached to an aromatic ring is 1. The van der Waals surface area contributed by atoms with Gasteiger partial charge < -0.3 is 15.2 Å². The quantitative estimate of drug-likeness (QED) is 0.741. The lowest BCUT2D eigenvalue weighted by atomic mass is 10.2. The Morgan fingerprint density at radius 1 is 1.00 bits per heavy atom. The maximum atomic E-state index is 5.67. The lowest BCUT2D eigenvalue weighted by molar-refractivity contribution is 0.402. The van der Waals surface area contributed by atoms with Crippen LogP contribution in [-0.4, -0.2) is 14.2 Å². The molecule has 0 aliphatic carbocycles. The first-order valence-electron chi connectivity index (χ1n) is 4.67. The van der Waals surface area contributed by atoms with E-state index in [1.54, 1.807) is 20.3 Å². The molecule has 0 atom stereocenters. The lowest BCUT2D eigenvalue weighted by Crippen LogP contribution is -1.95. The summed E-state index contributed by atoms with van der Waals surface area (Å²) in [5.74, 6) is 1.47. The van der Waals surface area contributed by atoms with Gasteiger partial charge in [0.2, 0.25) is 0 Å². The number of benzene rings is 1. The summed E-state index contributed by atoms with van der Waals surface area (Å²) in [6.07, 6.45) is 0. The van der Waals surface area contributed by atoms with Gasteiger partial charge in [-0.3, -0.25) is 0 Å². The minimum atomic E-state index is 0.597. The zero-order valence-electron chi connectivity index (χ0n) is 9.55. The summed E-state index contributed by atoms with van der Waals surface area (Å²) >= 11 is 0. The van der Waals surface area contributed by atoms with E-state index in [-0.39, 0.29) is 0 Å². The second-order valence-corrected chi connectivity index (χ2v) is 2.56. The highest BCUT2D eigenvalue weighted by atomic mass is 16.5. The average molecular weight is 197 g/mol. The first-order chi connectivity index (χ1) is 6.69. The summed E-state index contributed by atoms with van der Waals surface area (Å²) in [6.45, 7) is 5.95. The molecule has 0 bridgehead atoms. The van der Waals surface area contributed by atoms with Crippen LogP contribution in [0.4, 0.5) is 5.69 Å². The Bertz CT molecular complexity index is 255. The number of nitrogens with two attached hydrogens (primary N) is 1. The maximum Gasteiger partial charge on any atom is 0.142 e. The van der Waals surface area contributed by atoms with E-state index in [9.17, 15) is 0 Å². The van der Waals surface area contributed by atoms with E-state index in [0.29, 0.717) is 11.4 Å². The van der Waals surface area contributed by atoms with Crippen LogP contribution in [0.1, 0.15) is 19.4 Å². The second-order valence-electron chi connectivity index (χ2n) is 2.56. The second kappa shape index (κ2) is 6.13. The van der Waals surface area contributed by atoms with Crippen molar-refractivity contribution in [1.82, 2.24) is 0 Å². The molecule has 0 unspecified atom stereocenters. The van der Waals surface area contributed by atoms with Gasteiger partial charge in [-0.25, -0.2) is 0 Å². The van der Waals surface area contributed by atoms with Gasteiger partial charge in [0.05, 0.1) is 19.9 Å². The Morgan fingerprint density at radius 3 is 1.93 bits per heavy atom. The largest absolute Gasteiger partial charge is 0.496 e. The highest BCUT2D eigenvalue weighted by molar-refractivity contribution is 5.58.